The van der Waals surface area contributed by atoms with Crippen molar-refractivity contribution in [2.75, 3.05) is 11.9 Å². The Labute approximate surface area is 174 Å². The highest BCUT2D eigenvalue weighted by molar-refractivity contribution is 6.04. The van der Waals surface area contributed by atoms with E-state index in [4.69, 9.17) is 10.6 Å². The van der Waals surface area contributed by atoms with Gasteiger partial charge in [-0.05, 0) is 42.8 Å². The molecule has 0 spiro atoms. The summed E-state index contributed by atoms with van der Waals surface area (Å²) >= 11 is 0. The normalized spacial score (nSPS) is 11.6. The van der Waals surface area contributed by atoms with Gasteiger partial charge in [-0.25, -0.2) is 15.6 Å². The van der Waals surface area contributed by atoms with Crippen molar-refractivity contribution in [3.63, 3.8) is 0 Å². The van der Waals surface area contributed by atoms with E-state index in [9.17, 15) is 14.4 Å². The Kier molecular flexibility index (Phi) is 8.52. The molecule has 0 radical (unpaired) electrons. The van der Waals surface area contributed by atoms with Crippen molar-refractivity contribution in [3.05, 3.63) is 59.7 Å². The molecular weight excluding hydrogens is 386 g/mol. The molecule has 0 aliphatic rings. The fourth-order valence-electron chi connectivity index (χ4n) is 2.68. The molecule has 0 aliphatic carbocycles. The summed E-state index contributed by atoms with van der Waals surface area (Å²) in [5.41, 5.74) is 4.73. The van der Waals surface area contributed by atoms with Crippen LogP contribution in [-0.2, 0) is 20.7 Å². The van der Waals surface area contributed by atoms with Crippen molar-refractivity contribution in [2.45, 2.75) is 26.3 Å². The van der Waals surface area contributed by atoms with Crippen LogP contribution in [0.15, 0.2) is 53.5 Å². The Balaban J connectivity index is 2.04. The maximum atomic E-state index is 12.5. The minimum absolute atomic E-state index is 0.231. The van der Waals surface area contributed by atoms with E-state index in [1.807, 2.05) is 0 Å². The van der Waals surface area contributed by atoms with Gasteiger partial charge >= 0.3 is 5.97 Å². The van der Waals surface area contributed by atoms with E-state index < -0.39 is 12.0 Å². The molecule has 0 aromatic heterocycles. The van der Waals surface area contributed by atoms with E-state index in [0.717, 1.165) is 5.56 Å². The van der Waals surface area contributed by atoms with Gasteiger partial charge in [0.25, 0.3) is 5.91 Å². The van der Waals surface area contributed by atoms with Crippen LogP contribution in [0.5, 0.6) is 0 Å². The van der Waals surface area contributed by atoms with E-state index in [-0.39, 0.29) is 24.8 Å². The molecule has 30 heavy (non-hydrogen) atoms. The van der Waals surface area contributed by atoms with Gasteiger partial charge in [-0.15, -0.1) is 0 Å². The number of carbonyl (C=O) groups is 3. The molecule has 0 saturated carbocycles. The molecule has 2 rings (SSSR count). The van der Waals surface area contributed by atoms with Crippen LogP contribution in [0.3, 0.4) is 0 Å². The molecular formula is C21H25N5O4. The van der Waals surface area contributed by atoms with Crippen LogP contribution in [0.2, 0.25) is 0 Å². The Bertz CT molecular complexity index is 912. The van der Waals surface area contributed by atoms with Crippen LogP contribution >= 0.6 is 0 Å². The van der Waals surface area contributed by atoms with E-state index in [0.29, 0.717) is 16.9 Å². The van der Waals surface area contributed by atoms with Crippen LogP contribution in [-0.4, -0.2) is 36.8 Å². The summed E-state index contributed by atoms with van der Waals surface area (Å²) in [4.78, 5) is 39.9. The highest BCUT2D eigenvalue weighted by Crippen LogP contribution is 2.17. The Morgan fingerprint density at radius 3 is 2.53 bits per heavy atom. The fourth-order valence-corrected chi connectivity index (χ4v) is 2.68. The zero-order valence-electron chi connectivity index (χ0n) is 16.8. The van der Waals surface area contributed by atoms with Crippen molar-refractivity contribution in [2.24, 2.45) is 10.8 Å². The first-order chi connectivity index (χ1) is 14.4. The standard InChI is InChI=1S/C21H25N5O4/c1-3-30-21(29)19(25-14(2)27)11-15-7-9-17(10-8-15)26-20(28)16-5-4-6-18(12-16)23-13-24-22/h4-10,12-13,19H,3,11,22H2,1-2H3,(H,23,24)(H,25,27)(H,26,28)/t19-/m0/s1. The average molecular weight is 411 g/mol. The van der Waals surface area contributed by atoms with Gasteiger partial charge in [0, 0.05) is 24.6 Å². The summed E-state index contributed by atoms with van der Waals surface area (Å²) in [5, 5.41) is 5.40. The molecule has 2 amide bonds. The van der Waals surface area contributed by atoms with Crippen molar-refractivity contribution < 1.29 is 19.1 Å². The quantitative estimate of drug-likeness (QED) is 0.163. The van der Waals surface area contributed by atoms with E-state index in [2.05, 4.69) is 21.1 Å². The number of hydrazine groups is 1. The molecule has 0 saturated heterocycles. The lowest BCUT2D eigenvalue weighted by molar-refractivity contribution is -0.147. The van der Waals surface area contributed by atoms with Gasteiger partial charge in [-0.3, -0.25) is 9.59 Å². The fraction of sp³-hybridized carbons (Fsp3) is 0.238. The van der Waals surface area contributed by atoms with Crippen LogP contribution in [0.1, 0.15) is 29.8 Å². The third kappa shape index (κ3) is 7.02. The van der Waals surface area contributed by atoms with Crippen LogP contribution in [0.25, 0.3) is 0 Å². The maximum absolute atomic E-state index is 12.5. The van der Waals surface area contributed by atoms with Crippen LogP contribution < -0.4 is 21.9 Å². The molecule has 0 unspecified atom stereocenters. The number of hydrogen-bond donors (Lipinski definition) is 4. The largest absolute Gasteiger partial charge is 0.464 e. The number of amides is 2. The molecule has 0 aliphatic heterocycles. The number of nitrogens with zero attached hydrogens (tertiary/aromatic N) is 1. The Morgan fingerprint density at radius 1 is 1.17 bits per heavy atom. The lowest BCUT2D eigenvalue weighted by Gasteiger charge is -2.16. The molecule has 1 atom stereocenters. The van der Waals surface area contributed by atoms with Gasteiger partial charge in [0.2, 0.25) is 5.91 Å². The van der Waals surface area contributed by atoms with E-state index >= 15 is 0 Å². The third-order valence-electron chi connectivity index (χ3n) is 4.00. The zero-order chi connectivity index (χ0) is 21.9. The molecule has 9 nitrogen and oxygen atoms in total. The molecule has 2 aromatic carbocycles. The van der Waals surface area contributed by atoms with E-state index in [1.165, 1.54) is 13.3 Å². The number of ether oxygens (including phenoxy) is 1. The second-order valence-corrected chi connectivity index (χ2v) is 6.34. The number of carbonyl (C=O) groups excluding carboxylic acids is 3. The van der Waals surface area contributed by atoms with Gasteiger partial charge in [-0.1, -0.05) is 18.2 Å². The summed E-state index contributed by atoms with van der Waals surface area (Å²) in [7, 11) is 0. The number of nitrogens with one attached hydrogen (secondary N) is 3. The van der Waals surface area contributed by atoms with Crippen molar-refractivity contribution >= 4 is 35.5 Å². The molecule has 0 heterocycles. The smallest absolute Gasteiger partial charge is 0.328 e. The second-order valence-electron chi connectivity index (χ2n) is 6.34. The lowest BCUT2D eigenvalue weighted by Crippen LogP contribution is -2.42. The minimum atomic E-state index is -0.769. The number of rotatable bonds is 9. The maximum Gasteiger partial charge on any atom is 0.328 e. The summed E-state index contributed by atoms with van der Waals surface area (Å²) in [5.74, 6) is 4.06. The van der Waals surface area contributed by atoms with Gasteiger partial charge in [0.1, 0.15) is 12.4 Å². The molecule has 9 heteroatoms. The van der Waals surface area contributed by atoms with Gasteiger partial charge in [0.15, 0.2) is 0 Å². The first-order valence-electron chi connectivity index (χ1n) is 9.35. The number of benzene rings is 2. The molecule has 158 valence electrons. The topological polar surface area (TPSA) is 135 Å². The number of esters is 1. The van der Waals surface area contributed by atoms with Gasteiger partial charge in [-0.2, -0.15) is 0 Å². The Morgan fingerprint density at radius 2 is 1.90 bits per heavy atom. The molecule has 0 fully saturated rings. The summed E-state index contributed by atoms with van der Waals surface area (Å²) in [6, 6.07) is 13.0. The number of aliphatic imine (C=N–C) groups is 1. The van der Waals surface area contributed by atoms with Crippen molar-refractivity contribution in [1.82, 2.24) is 10.7 Å². The van der Waals surface area contributed by atoms with Crippen molar-refractivity contribution in [1.29, 1.82) is 0 Å². The number of anilines is 1. The monoisotopic (exact) mass is 411 g/mol. The van der Waals surface area contributed by atoms with Crippen LogP contribution in [0.4, 0.5) is 11.4 Å². The number of hydrogen-bond acceptors (Lipinski definition) is 6. The predicted molar refractivity (Wildman–Crippen MR) is 114 cm³/mol. The van der Waals surface area contributed by atoms with Gasteiger partial charge < -0.3 is 20.8 Å². The first kappa shape index (κ1) is 22.6. The van der Waals surface area contributed by atoms with E-state index in [1.54, 1.807) is 55.5 Å². The summed E-state index contributed by atoms with van der Waals surface area (Å²) in [6.45, 7) is 3.28. The highest BCUT2D eigenvalue weighted by atomic mass is 16.5. The average Bonchev–Trinajstić information content (AvgIpc) is 2.73. The third-order valence-corrected chi connectivity index (χ3v) is 4.00. The predicted octanol–water partition coefficient (Wildman–Crippen LogP) is 1.67. The SMILES string of the molecule is CCOC(=O)[C@H](Cc1ccc(NC(=O)c2cccc(N=CNN)c2)cc1)NC(C)=O. The summed E-state index contributed by atoms with van der Waals surface area (Å²) < 4.78 is 5.01. The molecule has 5 N–H and O–H groups in total. The lowest BCUT2D eigenvalue weighted by atomic mass is 10.1. The Hall–Kier alpha value is -3.72. The van der Waals surface area contributed by atoms with Gasteiger partial charge in [0.05, 0.1) is 12.3 Å². The molecule has 0 bridgehead atoms. The van der Waals surface area contributed by atoms with Crippen LogP contribution in [0, 0.1) is 0 Å². The first-order valence-corrected chi connectivity index (χ1v) is 9.35. The molecule has 2 aromatic rings. The minimum Gasteiger partial charge on any atom is -0.464 e. The summed E-state index contributed by atoms with van der Waals surface area (Å²) in [6.07, 6.45) is 1.60. The number of nitrogens with two attached hydrogens (primary N) is 1. The second kappa shape index (κ2) is 11.3. The zero-order valence-corrected chi connectivity index (χ0v) is 16.8. The van der Waals surface area contributed by atoms with Crippen molar-refractivity contribution in [3.8, 4) is 0 Å². The highest BCUT2D eigenvalue weighted by Gasteiger charge is 2.21.